The molecule has 2 aromatic heterocycles. The summed E-state index contributed by atoms with van der Waals surface area (Å²) in [6.07, 6.45) is 9.22. The molecule has 0 bridgehead atoms. The number of hydrogen-bond acceptors (Lipinski definition) is 1. The highest BCUT2D eigenvalue weighted by Gasteiger charge is 2.34. The number of hydrogen-bond donors (Lipinski definition) is 1. The van der Waals surface area contributed by atoms with E-state index in [-0.39, 0.29) is 0 Å². The van der Waals surface area contributed by atoms with E-state index < -0.39 is 5.66 Å². The minimum absolute atomic E-state index is 0.557. The first-order valence-electron chi connectivity index (χ1n) is 17.3. The van der Waals surface area contributed by atoms with Gasteiger partial charge in [0.15, 0.2) is 0 Å². The van der Waals surface area contributed by atoms with E-state index >= 15 is 0 Å². The van der Waals surface area contributed by atoms with Crippen LogP contribution < -0.4 is 5.32 Å². The topological polar surface area (TPSA) is 21.9 Å². The van der Waals surface area contributed by atoms with Crippen LogP contribution in [0.4, 0.5) is 5.69 Å². The molecule has 3 heteroatoms. The fraction of sp³-hybridized carbons (Fsp3) is 0.0870. The lowest BCUT2D eigenvalue weighted by Gasteiger charge is -2.38. The number of fused-ring (bicyclic) bond motifs is 7. The number of benzene rings is 6. The van der Waals surface area contributed by atoms with Gasteiger partial charge in [-0.2, -0.15) is 0 Å². The van der Waals surface area contributed by atoms with Crippen molar-refractivity contribution in [2.75, 3.05) is 5.32 Å². The Bertz CT molecular complexity index is 2640. The molecule has 0 amide bonds. The lowest BCUT2D eigenvalue weighted by atomic mass is 9.88. The van der Waals surface area contributed by atoms with Crippen molar-refractivity contribution < 1.29 is 0 Å². The monoisotopic (exact) mass is 629 g/mol. The summed E-state index contributed by atoms with van der Waals surface area (Å²) in [5.41, 5.74) is 14.3. The van der Waals surface area contributed by atoms with Gasteiger partial charge in [0.05, 0.1) is 16.6 Å². The van der Waals surface area contributed by atoms with E-state index in [0.29, 0.717) is 0 Å². The highest BCUT2D eigenvalue weighted by Crippen LogP contribution is 2.45. The Morgan fingerprint density at radius 2 is 1.29 bits per heavy atom. The minimum Gasteiger partial charge on any atom is -0.359 e. The van der Waals surface area contributed by atoms with Crippen LogP contribution in [-0.2, 0) is 12.1 Å². The van der Waals surface area contributed by atoms with Crippen LogP contribution in [0.3, 0.4) is 0 Å². The number of nitrogens with one attached hydrogen (secondary N) is 1. The van der Waals surface area contributed by atoms with Crippen molar-refractivity contribution in [3.8, 4) is 16.8 Å². The number of rotatable bonds is 4. The van der Waals surface area contributed by atoms with E-state index in [4.69, 9.17) is 0 Å². The summed E-state index contributed by atoms with van der Waals surface area (Å²) in [7, 11) is 0. The fourth-order valence-corrected chi connectivity index (χ4v) is 8.39. The van der Waals surface area contributed by atoms with Crippen LogP contribution in [0.25, 0.3) is 61.2 Å². The Hall–Kier alpha value is -6.06. The third-order valence-electron chi connectivity index (χ3n) is 10.6. The molecule has 1 unspecified atom stereocenters. The Morgan fingerprint density at radius 3 is 2.16 bits per heavy atom. The average molecular weight is 630 g/mol. The standard InChI is InChI=1S/C46H35N3/c1-46(49-43-23-13-10-20-37(43)39-26-24-32(28-45(39)49)31-14-4-2-5-15-31)30-40(35-18-8-11-21-41(35)47-46)33-25-27-38-36-19-9-12-22-42(36)48(44(38)29-33)34-16-6-3-7-17-34/h2-8,10-18,20-30,47H,9,19H2,1H3. The van der Waals surface area contributed by atoms with Crippen molar-refractivity contribution in [2.45, 2.75) is 25.4 Å². The Balaban J connectivity index is 1.23. The first-order chi connectivity index (χ1) is 24.2. The molecule has 0 spiro atoms. The van der Waals surface area contributed by atoms with Crippen molar-refractivity contribution in [1.82, 2.24) is 9.13 Å². The van der Waals surface area contributed by atoms with Crippen LogP contribution in [0.15, 0.2) is 158 Å². The van der Waals surface area contributed by atoms with Crippen molar-refractivity contribution in [2.24, 2.45) is 0 Å². The number of allylic oxidation sites excluding steroid dienone is 1. The second-order valence-electron chi connectivity index (χ2n) is 13.5. The molecule has 10 rings (SSSR count). The van der Waals surface area contributed by atoms with E-state index in [1.807, 2.05) is 0 Å². The van der Waals surface area contributed by atoms with E-state index in [1.165, 1.54) is 77.5 Å². The van der Waals surface area contributed by atoms with Gasteiger partial charge in [0.25, 0.3) is 0 Å². The highest BCUT2D eigenvalue weighted by molar-refractivity contribution is 6.10. The summed E-state index contributed by atoms with van der Waals surface area (Å²) in [6.45, 7) is 2.32. The summed E-state index contributed by atoms with van der Waals surface area (Å²) >= 11 is 0. The predicted octanol–water partition coefficient (Wildman–Crippen LogP) is 11.6. The van der Waals surface area contributed by atoms with Crippen LogP contribution in [0.1, 0.15) is 35.7 Å². The molecule has 1 aliphatic heterocycles. The zero-order valence-corrected chi connectivity index (χ0v) is 27.4. The molecule has 8 aromatic rings. The Labute approximate surface area is 286 Å². The zero-order valence-electron chi connectivity index (χ0n) is 27.4. The molecule has 3 nitrogen and oxygen atoms in total. The van der Waals surface area contributed by atoms with Gasteiger partial charge in [-0.1, -0.05) is 115 Å². The maximum atomic E-state index is 4.01. The maximum Gasteiger partial charge on any atom is 0.132 e. The first-order valence-corrected chi connectivity index (χ1v) is 17.3. The first kappa shape index (κ1) is 28.0. The van der Waals surface area contributed by atoms with Crippen LogP contribution in [0.5, 0.6) is 0 Å². The second kappa shape index (κ2) is 10.7. The molecular formula is C46H35N3. The van der Waals surface area contributed by atoms with Crippen LogP contribution >= 0.6 is 0 Å². The molecule has 2 aliphatic rings. The van der Waals surface area contributed by atoms with Gasteiger partial charge in [-0.3, -0.25) is 0 Å². The van der Waals surface area contributed by atoms with Crippen LogP contribution in [0.2, 0.25) is 0 Å². The van der Waals surface area contributed by atoms with E-state index in [0.717, 1.165) is 18.5 Å². The molecule has 6 aromatic carbocycles. The second-order valence-corrected chi connectivity index (χ2v) is 13.5. The average Bonchev–Trinajstić information content (AvgIpc) is 3.68. The van der Waals surface area contributed by atoms with Crippen LogP contribution in [0, 0.1) is 0 Å². The predicted molar refractivity (Wildman–Crippen MR) is 206 cm³/mol. The third-order valence-corrected chi connectivity index (χ3v) is 10.6. The third kappa shape index (κ3) is 4.29. The molecule has 0 saturated carbocycles. The molecule has 1 N–H and O–H groups in total. The van der Waals surface area contributed by atoms with Gasteiger partial charge in [0.2, 0.25) is 0 Å². The summed E-state index contributed by atoms with van der Waals surface area (Å²) in [4.78, 5) is 0. The number of aromatic nitrogens is 2. The number of anilines is 1. The molecule has 49 heavy (non-hydrogen) atoms. The van der Waals surface area contributed by atoms with Crippen molar-refractivity contribution in [1.29, 1.82) is 0 Å². The summed E-state index contributed by atoms with van der Waals surface area (Å²) in [6, 6.07) is 53.1. The molecular weight excluding hydrogens is 595 g/mol. The van der Waals surface area contributed by atoms with Gasteiger partial charge >= 0.3 is 0 Å². The van der Waals surface area contributed by atoms with Crippen LogP contribution in [-0.4, -0.2) is 9.13 Å². The molecule has 3 heterocycles. The smallest absolute Gasteiger partial charge is 0.132 e. The normalized spacial score (nSPS) is 16.8. The van der Waals surface area contributed by atoms with E-state index in [1.54, 1.807) is 0 Å². The Kier molecular flexibility index (Phi) is 6.13. The summed E-state index contributed by atoms with van der Waals surface area (Å²) in [5.74, 6) is 0. The van der Waals surface area contributed by atoms with Crippen molar-refractivity contribution >= 4 is 50.0 Å². The summed E-state index contributed by atoms with van der Waals surface area (Å²) in [5, 5.41) is 7.86. The maximum absolute atomic E-state index is 4.01. The van der Waals surface area contributed by atoms with Gasteiger partial charge in [-0.15, -0.1) is 0 Å². The zero-order chi connectivity index (χ0) is 32.5. The molecule has 1 atom stereocenters. The number of para-hydroxylation sites is 3. The molecule has 234 valence electrons. The van der Waals surface area contributed by atoms with Gasteiger partial charge in [0, 0.05) is 38.8 Å². The molecule has 0 radical (unpaired) electrons. The molecule has 0 fully saturated rings. The quantitative estimate of drug-likeness (QED) is 0.206. The number of aryl methyl sites for hydroxylation is 1. The lowest BCUT2D eigenvalue weighted by molar-refractivity contribution is 0.500. The van der Waals surface area contributed by atoms with E-state index in [2.05, 4.69) is 185 Å². The molecule has 1 aliphatic carbocycles. The highest BCUT2D eigenvalue weighted by atomic mass is 15.2. The van der Waals surface area contributed by atoms with Crippen molar-refractivity contribution in [3.05, 3.63) is 180 Å². The molecule has 0 saturated heterocycles. The van der Waals surface area contributed by atoms with Gasteiger partial charge in [0.1, 0.15) is 5.66 Å². The fourth-order valence-electron chi connectivity index (χ4n) is 8.39. The van der Waals surface area contributed by atoms with Gasteiger partial charge < -0.3 is 14.5 Å². The van der Waals surface area contributed by atoms with Crippen molar-refractivity contribution in [3.63, 3.8) is 0 Å². The SMILES string of the molecule is CC1(n2c3ccccc3c3ccc(-c4ccccc4)cc32)C=C(c2ccc3c4c(n(-c5ccccc5)c3c2)C=CCC4)c2ccccc2N1. The Morgan fingerprint density at radius 1 is 0.592 bits per heavy atom. The largest absolute Gasteiger partial charge is 0.359 e. The lowest BCUT2D eigenvalue weighted by Crippen LogP contribution is -2.39. The van der Waals surface area contributed by atoms with Gasteiger partial charge in [-0.25, -0.2) is 0 Å². The minimum atomic E-state index is -0.557. The van der Waals surface area contributed by atoms with E-state index in [9.17, 15) is 0 Å². The number of nitrogens with zero attached hydrogens (tertiary/aromatic N) is 2. The van der Waals surface area contributed by atoms with Gasteiger partial charge in [-0.05, 0) is 96.1 Å². The summed E-state index contributed by atoms with van der Waals surface area (Å²) < 4.78 is 4.96.